The number of carbonyl (C=O) groups excluding carboxylic acids is 1. The molecule has 0 spiro atoms. The minimum Gasteiger partial charge on any atom is -0.409 e. The van der Waals surface area contributed by atoms with Crippen molar-refractivity contribution in [2.45, 2.75) is 20.1 Å². The Balaban J connectivity index is 2.96. The minimum atomic E-state index is -0.743. The number of azide groups is 1. The predicted octanol–water partition coefficient (Wildman–Crippen LogP) is 3.01. The van der Waals surface area contributed by atoms with Crippen LogP contribution in [0.5, 0.6) is 0 Å². The monoisotopic (exact) mass is 283 g/mol. The normalized spacial score (nSPS) is 11.2. The van der Waals surface area contributed by atoms with Crippen molar-refractivity contribution in [3.8, 4) is 0 Å². The first-order valence-corrected chi connectivity index (χ1v) is 5.86. The van der Waals surface area contributed by atoms with Crippen LogP contribution in [0.3, 0.4) is 0 Å². The van der Waals surface area contributed by atoms with Crippen LogP contribution in [-0.2, 0) is 4.84 Å². The van der Waals surface area contributed by atoms with E-state index >= 15 is 0 Å². The molecule has 7 nitrogen and oxygen atoms in total. The topological polar surface area (TPSA) is 99.1 Å². The van der Waals surface area contributed by atoms with Gasteiger partial charge in [0.05, 0.1) is 5.56 Å². The Morgan fingerprint density at radius 3 is 2.84 bits per heavy atom. The maximum atomic E-state index is 12.1. The predicted molar refractivity (Wildman–Crippen MR) is 72.9 cm³/mol. The van der Waals surface area contributed by atoms with Crippen molar-refractivity contribution in [1.29, 1.82) is 0 Å². The number of anilines is 1. The summed E-state index contributed by atoms with van der Waals surface area (Å²) >= 11 is 5.94. The molecule has 1 amide bonds. The summed E-state index contributed by atoms with van der Waals surface area (Å²) in [5, 5.41) is 8.87. The summed E-state index contributed by atoms with van der Waals surface area (Å²) in [6, 6.07) is 3.31. The van der Waals surface area contributed by atoms with Gasteiger partial charge in [0, 0.05) is 22.7 Å². The summed E-state index contributed by atoms with van der Waals surface area (Å²) in [4.78, 5) is 19.2. The van der Waals surface area contributed by atoms with Crippen LogP contribution >= 0.6 is 11.6 Å². The molecule has 0 aliphatic carbocycles. The summed E-state index contributed by atoms with van der Waals surface area (Å²) in [6.45, 7) is 3.39. The van der Waals surface area contributed by atoms with Crippen LogP contribution in [0.1, 0.15) is 22.8 Å². The average molecular weight is 284 g/mol. The third kappa shape index (κ3) is 3.94. The molecule has 0 radical (unpaired) electrons. The van der Waals surface area contributed by atoms with E-state index in [2.05, 4.69) is 25.7 Å². The van der Waals surface area contributed by atoms with E-state index < -0.39 is 6.23 Å². The molecule has 1 atom stereocenters. The van der Waals surface area contributed by atoms with Crippen molar-refractivity contribution in [1.82, 2.24) is 5.32 Å². The second-order valence-corrected chi connectivity index (χ2v) is 4.22. The highest BCUT2D eigenvalue weighted by molar-refractivity contribution is 6.31. The van der Waals surface area contributed by atoms with Crippen LogP contribution in [0, 0.1) is 6.92 Å². The first-order chi connectivity index (χ1) is 8.99. The zero-order valence-electron chi connectivity index (χ0n) is 10.8. The third-order valence-corrected chi connectivity index (χ3v) is 2.59. The number of carbonyl (C=O) groups is 1. The second-order valence-electron chi connectivity index (χ2n) is 3.79. The van der Waals surface area contributed by atoms with Crippen molar-refractivity contribution in [3.63, 3.8) is 0 Å². The van der Waals surface area contributed by atoms with E-state index in [1.54, 1.807) is 26.1 Å². The van der Waals surface area contributed by atoms with Gasteiger partial charge in [0.1, 0.15) is 5.28 Å². The van der Waals surface area contributed by atoms with E-state index in [0.717, 1.165) is 5.56 Å². The number of rotatable bonds is 5. The summed E-state index contributed by atoms with van der Waals surface area (Å²) < 4.78 is 0. The maximum Gasteiger partial charge on any atom is 0.256 e. The van der Waals surface area contributed by atoms with Crippen LogP contribution in [-0.4, -0.2) is 19.2 Å². The fourth-order valence-electron chi connectivity index (χ4n) is 1.63. The summed E-state index contributed by atoms with van der Waals surface area (Å²) in [5.74, 6) is -0.379. The van der Waals surface area contributed by atoms with E-state index in [1.165, 1.54) is 0 Å². The van der Waals surface area contributed by atoms with E-state index in [1.807, 2.05) is 6.92 Å². The lowest BCUT2D eigenvalue weighted by molar-refractivity contribution is 0.0388. The molecule has 2 N–H and O–H groups in total. The molecule has 1 rings (SSSR count). The first-order valence-electron chi connectivity index (χ1n) is 5.48. The van der Waals surface area contributed by atoms with Gasteiger partial charge in [-0.25, -0.2) is 0 Å². The lowest BCUT2D eigenvalue weighted by Crippen LogP contribution is -2.33. The van der Waals surface area contributed by atoms with Gasteiger partial charge < -0.3 is 15.5 Å². The van der Waals surface area contributed by atoms with E-state index in [0.29, 0.717) is 16.3 Å². The number of halogens is 1. The Morgan fingerprint density at radius 1 is 1.58 bits per heavy atom. The number of hydrogen-bond donors (Lipinski definition) is 2. The molecule has 1 aromatic carbocycles. The zero-order chi connectivity index (χ0) is 14.4. The number of amides is 1. The average Bonchev–Trinajstić information content (AvgIpc) is 2.35. The van der Waals surface area contributed by atoms with Gasteiger partial charge in [0.2, 0.25) is 0 Å². The molecule has 1 aromatic rings. The molecule has 0 aromatic heterocycles. The van der Waals surface area contributed by atoms with E-state index in [9.17, 15) is 4.79 Å². The van der Waals surface area contributed by atoms with Crippen molar-refractivity contribution in [2.75, 3.05) is 12.4 Å². The molecule has 8 heteroatoms. The molecule has 0 aliphatic heterocycles. The first kappa shape index (κ1) is 14.9. The molecule has 0 fully saturated rings. The molecular weight excluding hydrogens is 270 g/mol. The molecule has 1 unspecified atom stereocenters. The molecule has 0 saturated carbocycles. The van der Waals surface area contributed by atoms with E-state index in [-0.39, 0.29) is 5.91 Å². The molecule has 0 aliphatic rings. The minimum absolute atomic E-state index is 0.379. The van der Waals surface area contributed by atoms with Gasteiger partial charge in [-0.2, -0.15) is 0 Å². The van der Waals surface area contributed by atoms with Crippen LogP contribution in [0.2, 0.25) is 5.02 Å². The number of benzene rings is 1. The Bertz CT molecular complexity index is 528. The van der Waals surface area contributed by atoms with Gasteiger partial charge in [-0.3, -0.25) is 4.79 Å². The van der Waals surface area contributed by atoms with Crippen LogP contribution < -0.4 is 10.6 Å². The Kier molecular flexibility index (Phi) is 5.29. The smallest absolute Gasteiger partial charge is 0.256 e. The Hall–Kier alpha value is -2.11. The van der Waals surface area contributed by atoms with Crippen LogP contribution in [0.25, 0.3) is 10.4 Å². The number of hydrogen-bond acceptors (Lipinski definition) is 4. The SMILES string of the molecule is CNc1c(C)cc(Cl)cc1C(=O)NC(C)ON=[N+]=[N-]. The molecule has 0 saturated heterocycles. The standard InChI is InChI=1S/C11H14ClN5O2/c1-6-4-8(12)5-9(10(6)14-3)11(18)15-7(2)19-17-16-13/h4-5,7,14H,1-3H3,(H,15,18). The summed E-state index contributed by atoms with van der Waals surface area (Å²) in [5.41, 5.74) is 10.0. The van der Waals surface area contributed by atoms with Crippen molar-refractivity contribution < 1.29 is 9.63 Å². The largest absolute Gasteiger partial charge is 0.409 e. The van der Waals surface area contributed by atoms with Gasteiger partial charge in [0.15, 0.2) is 6.23 Å². The number of nitrogens with one attached hydrogen (secondary N) is 2. The van der Waals surface area contributed by atoms with Gasteiger partial charge in [-0.15, -0.1) is 0 Å². The lowest BCUT2D eigenvalue weighted by atomic mass is 10.1. The van der Waals surface area contributed by atoms with E-state index in [4.69, 9.17) is 17.1 Å². The highest BCUT2D eigenvalue weighted by atomic mass is 35.5. The second kappa shape index (κ2) is 6.72. The Morgan fingerprint density at radius 2 is 2.26 bits per heavy atom. The maximum absolute atomic E-state index is 12.1. The fraction of sp³-hybridized carbons (Fsp3) is 0.364. The quantitative estimate of drug-likeness (QED) is 0.286. The molecular formula is C11H14ClN5O2. The highest BCUT2D eigenvalue weighted by Crippen LogP contribution is 2.25. The highest BCUT2D eigenvalue weighted by Gasteiger charge is 2.16. The van der Waals surface area contributed by atoms with Gasteiger partial charge in [-0.05, 0) is 37.1 Å². The number of nitrogens with zero attached hydrogens (tertiary/aromatic N) is 3. The van der Waals surface area contributed by atoms with Crippen molar-refractivity contribution in [2.24, 2.45) is 5.28 Å². The van der Waals surface area contributed by atoms with Gasteiger partial charge in [-0.1, -0.05) is 11.6 Å². The fourth-order valence-corrected chi connectivity index (χ4v) is 1.91. The molecule has 19 heavy (non-hydrogen) atoms. The summed E-state index contributed by atoms with van der Waals surface area (Å²) in [7, 11) is 1.72. The Labute approximate surface area is 115 Å². The van der Waals surface area contributed by atoms with Gasteiger partial charge in [0.25, 0.3) is 5.91 Å². The van der Waals surface area contributed by atoms with Crippen molar-refractivity contribution >= 4 is 23.2 Å². The third-order valence-electron chi connectivity index (χ3n) is 2.37. The zero-order valence-corrected chi connectivity index (χ0v) is 11.5. The van der Waals surface area contributed by atoms with Crippen LogP contribution in [0.4, 0.5) is 5.69 Å². The molecule has 102 valence electrons. The number of aryl methyl sites for hydroxylation is 1. The molecule has 0 bridgehead atoms. The van der Waals surface area contributed by atoms with Crippen molar-refractivity contribution in [3.05, 3.63) is 38.7 Å². The summed E-state index contributed by atoms with van der Waals surface area (Å²) in [6.07, 6.45) is -0.743. The van der Waals surface area contributed by atoms with Gasteiger partial charge >= 0.3 is 0 Å². The lowest BCUT2D eigenvalue weighted by Gasteiger charge is -2.15. The van der Waals surface area contributed by atoms with Crippen LogP contribution in [0.15, 0.2) is 17.4 Å². The molecule has 0 heterocycles.